The van der Waals surface area contributed by atoms with E-state index in [-0.39, 0.29) is 0 Å². The van der Waals surface area contributed by atoms with E-state index in [9.17, 15) is 0 Å². The van der Waals surface area contributed by atoms with Crippen LogP contribution in [0.3, 0.4) is 0 Å². The average Bonchev–Trinajstić information content (AvgIpc) is 3.39. The number of anilines is 2. The van der Waals surface area contributed by atoms with Gasteiger partial charge >= 0.3 is 0 Å². The van der Waals surface area contributed by atoms with Gasteiger partial charge in [0.15, 0.2) is 0 Å². The van der Waals surface area contributed by atoms with E-state index >= 15 is 0 Å². The van der Waals surface area contributed by atoms with Crippen molar-refractivity contribution in [1.29, 1.82) is 0 Å². The highest BCUT2D eigenvalue weighted by atomic mass is 15.2. The van der Waals surface area contributed by atoms with E-state index in [4.69, 9.17) is 0 Å². The summed E-state index contributed by atoms with van der Waals surface area (Å²) in [5, 5.41) is 6.84. The standard InChI is InChI=1S/C19H26N4/c1-4-14(3)21-19-22-17(16-9-10-16)11-18(23-19)20-12-15-7-5-13(2)6-8-15/h5-8,11,14,16H,4,9-10,12H2,1-3H3,(H2,20,21,22,23)/t14-/m0/s1. The molecule has 1 saturated carbocycles. The van der Waals surface area contributed by atoms with Gasteiger partial charge in [0.05, 0.1) is 5.69 Å². The number of rotatable bonds is 7. The van der Waals surface area contributed by atoms with Crippen LogP contribution in [0.5, 0.6) is 0 Å². The van der Waals surface area contributed by atoms with Crippen molar-refractivity contribution in [2.75, 3.05) is 10.6 Å². The van der Waals surface area contributed by atoms with Gasteiger partial charge in [-0.15, -0.1) is 0 Å². The van der Waals surface area contributed by atoms with Crippen LogP contribution in [0.25, 0.3) is 0 Å². The maximum absolute atomic E-state index is 4.69. The van der Waals surface area contributed by atoms with Crippen LogP contribution in [0, 0.1) is 6.92 Å². The van der Waals surface area contributed by atoms with E-state index in [0.29, 0.717) is 12.0 Å². The van der Waals surface area contributed by atoms with Gasteiger partial charge in [-0.05, 0) is 38.7 Å². The van der Waals surface area contributed by atoms with Gasteiger partial charge in [0.2, 0.25) is 5.95 Å². The Labute approximate surface area is 138 Å². The SMILES string of the molecule is CC[C@H](C)Nc1nc(NCc2ccc(C)cc2)cc(C2CC2)n1. The van der Waals surface area contributed by atoms with E-state index in [0.717, 1.165) is 30.4 Å². The fourth-order valence-electron chi connectivity index (χ4n) is 2.43. The van der Waals surface area contributed by atoms with Gasteiger partial charge in [-0.3, -0.25) is 0 Å². The average molecular weight is 310 g/mol. The minimum atomic E-state index is 0.384. The number of nitrogens with one attached hydrogen (secondary N) is 2. The molecule has 1 aromatic heterocycles. The Balaban J connectivity index is 1.73. The second-order valence-corrected chi connectivity index (χ2v) is 6.57. The van der Waals surface area contributed by atoms with Crippen molar-refractivity contribution in [3.05, 3.63) is 47.2 Å². The van der Waals surface area contributed by atoms with Crippen LogP contribution in [-0.2, 0) is 6.54 Å². The molecule has 0 amide bonds. The summed E-state index contributed by atoms with van der Waals surface area (Å²) < 4.78 is 0. The molecule has 0 radical (unpaired) electrons. The summed E-state index contributed by atoms with van der Waals surface area (Å²) in [4.78, 5) is 9.32. The van der Waals surface area contributed by atoms with Gasteiger partial charge in [-0.2, -0.15) is 4.98 Å². The third-order valence-electron chi connectivity index (χ3n) is 4.32. The Morgan fingerprint density at radius 3 is 2.57 bits per heavy atom. The Kier molecular flexibility index (Phi) is 4.79. The van der Waals surface area contributed by atoms with Crippen LogP contribution in [0.4, 0.5) is 11.8 Å². The number of hydrogen-bond donors (Lipinski definition) is 2. The van der Waals surface area contributed by atoms with Gasteiger partial charge in [-0.25, -0.2) is 4.98 Å². The molecule has 1 aliphatic rings. The first-order valence-electron chi connectivity index (χ1n) is 8.59. The highest BCUT2D eigenvalue weighted by molar-refractivity contribution is 5.45. The third kappa shape index (κ3) is 4.44. The molecule has 3 rings (SSSR count). The van der Waals surface area contributed by atoms with Crippen molar-refractivity contribution in [3.63, 3.8) is 0 Å². The van der Waals surface area contributed by atoms with Crippen LogP contribution < -0.4 is 10.6 Å². The van der Waals surface area contributed by atoms with Gasteiger partial charge in [-0.1, -0.05) is 36.8 Å². The number of benzene rings is 1. The largest absolute Gasteiger partial charge is 0.366 e. The van der Waals surface area contributed by atoms with Gasteiger partial charge in [0.25, 0.3) is 0 Å². The molecule has 1 aliphatic carbocycles. The molecule has 1 aromatic carbocycles. The Morgan fingerprint density at radius 2 is 1.91 bits per heavy atom. The minimum absolute atomic E-state index is 0.384. The molecule has 0 spiro atoms. The fraction of sp³-hybridized carbons (Fsp3) is 0.474. The molecule has 4 heteroatoms. The third-order valence-corrected chi connectivity index (χ3v) is 4.32. The quantitative estimate of drug-likeness (QED) is 0.791. The predicted molar refractivity (Wildman–Crippen MR) is 95.9 cm³/mol. The lowest BCUT2D eigenvalue weighted by Gasteiger charge is -2.14. The van der Waals surface area contributed by atoms with E-state index in [1.54, 1.807) is 0 Å². The highest BCUT2D eigenvalue weighted by Gasteiger charge is 2.26. The first kappa shape index (κ1) is 15.8. The van der Waals surface area contributed by atoms with E-state index in [1.807, 2.05) is 0 Å². The first-order chi connectivity index (χ1) is 11.1. The molecule has 0 unspecified atom stereocenters. The molecule has 1 heterocycles. The molecule has 122 valence electrons. The summed E-state index contributed by atoms with van der Waals surface area (Å²) in [7, 11) is 0. The number of hydrogen-bond acceptors (Lipinski definition) is 4. The Morgan fingerprint density at radius 1 is 1.17 bits per heavy atom. The number of aromatic nitrogens is 2. The Bertz CT molecular complexity index is 647. The fourth-order valence-corrected chi connectivity index (χ4v) is 2.43. The zero-order valence-electron chi connectivity index (χ0n) is 14.3. The van der Waals surface area contributed by atoms with E-state index in [2.05, 4.69) is 71.7 Å². The van der Waals surface area contributed by atoms with Crippen LogP contribution >= 0.6 is 0 Å². The van der Waals surface area contributed by atoms with Gasteiger partial charge in [0, 0.05) is 24.6 Å². The van der Waals surface area contributed by atoms with Crippen LogP contribution in [0.1, 0.15) is 55.8 Å². The number of aryl methyl sites for hydroxylation is 1. The molecule has 4 nitrogen and oxygen atoms in total. The molecule has 0 aliphatic heterocycles. The van der Waals surface area contributed by atoms with Crippen molar-refractivity contribution < 1.29 is 0 Å². The maximum Gasteiger partial charge on any atom is 0.225 e. The lowest BCUT2D eigenvalue weighted by atomic mass is 10.1. The van der Waals surface area contributed by atoms with Gasteiger partial charge in [0.1, 0.15) is 5.82 Å². The summed E-state index contributed by atoms with van der Waals surface area (Å²) in [6.07, 6.45) is 3.55. The smallest absolute Gasteiger partial charge is 0.225 e. The normalized spacial score (nSPS) is 15.3. The molecule has 23 heavy (non-hydrogen) atoms. The topological polar surface area (TPSA) is 49.8 Å². The van der Waals surface area contributed by atoms with Crippen molar-refractivity contribution >= 4 is 11.8 Å². The molecular formula is C19H26N4. The predicted octanol–water partition coefficient (Wildman–Crippen LogP) is 4.48. The lowest BCUT2D eigenvalue weighted by Crippen LogP contribution is -2.17. The summed E-state index contributed by atoms with van der Waals surface area (Å²) in [5.41, 5.74) is 3.71. The zero-order chi connectivity index (χ0) is 16.2. The van der Waals surface area contributed by atoms with Crippen molar-refractivity contribution in [2.45, 2.75) is 58.5 Å². The van der Waals surface area contributed by atoms with Crippen molar-refractivity contribution in [1.82, 2.24) is 9.97 Å². The highest BCUT2D eigenvalue weighted by Crippen LogP contribution is 2.39. The van der Waals surface area contributed by atoms with E-state index in [1.165, 1.54) is 24.0 Å². The van der Waals surface area contributed by atoms with Gasteiger partial charge < -0.3 is 10.6 Å². The van der Waals surface area contributed by atoms with Crippen molar-refractivity contribution in [2.24, 2.45) is 0 Å². The summed E-state index contributed by atoms with van der Waals surface area (Å²) in [5.74, 6) is 2.28. The van der Waals surface area contributed by atoms with Crippen LogP contribution in [0.15, 0.2) is 30.3 Å². The molecule has 0 saturated heterocycles. The molecule has 0 bridgehead atoms. The molecular weight excluding hydrogens is 284 g/mol. The molecule has 2 N–H and O–H groups in total. The zero-order valence-corrected chi connectivity index (χ0v) is 14.3. The maximum atomic E-state index is 4.69. The second kappa shape index (κ2) is 6.99. The summed E-state index contributed by atoms with van der Waals surface area (Å²) >= 11 is 0. The van der Waals surface area contributed by atoms with Crippen LogP contribution in [-0.4, -0.2) is 16.0 Å². The molecule has 1 fully saturated rings. The first-order valence-corrected chi connectivity index (χ1v) is 8.59. The van der Waals surface area contributed by atoms with Crippen molar-refractivity contribution in [3.8, 4) is 0 Å². The minimum Gasteiger partial charge on any atom is -0.366 e. The summed E-state index contributed by atoms with van der Waals surface area (Å²) in [6, 6.07) is 11.1. The molecule has 1 atom stereocenters. The second-order valence-electron chi connectivity index (χ2n) is 6.57. The monoisotopic (exact) mass is 310 g/mol. The van der Waals surface area contributed by atoms with E-state index < -0.39 is 0 Å². The van der Waals surface area contributed by atoms with Crippen LogP contribution in [0.2, 0.25) is 0 Å². The summed E-state index contributed by atoms with van der Waals surface area (Å²) in [6.45, 7) is 7.21. The molecule has 2 aromatic rings. The lowest BCUT2D eigenvalue weighted by molar-refractivity contribution is 0.750. The number of nitrogens with zero attached hydrogens (tertiary/aromatic N) is 2. The Hall–Kier alpha value is -2.10.